The molecule has 1 heterocycles. The van der Waals surface area contributed by atoms with Crippen LogP contribution in [-0.4, -0.2) is 71.8 Å². The fourth-order valence-corrected chi connectivity index (χ4v) is 4.38. The number of nitrogens with one attached hydrogen (secondary N) is 1. The lowest BCUT2D eigenvalue weighted by atomic mass is 9.94. The van der Waals surface area contributed by atoms with Crippen LogP contribution in [0.15, 0.2) is 48.5 Å². The van der Waals surface area contributed by atoms with Crippen molar-refractivity contribution in [2.24, 2.45) is 11.8 Å². The highest BCUT2D eigenvalue weighted by atomic mass is 16.5. The van der Waals surface area contributed by atoms with Crippen LogP contribution in [0.3, 0.4) is 0 Å². The van der Waals surface area contributed by atoms with Crippen molar-refractivity contribution in [3.8, 4) is 11.1 Å². The van der Waals surface area contributed by atoms with Crippen molar-refractivity contribution < 1.29 is 19.4 Å². The van der Waals surface area contributed by atoms with Crippen molar-refractivity contribution in [1.82, 2.24) is 15.1 Å². The Balaban J connectivity index is 1.97. The molecule has 4 atom stereocenters. The number of rotatable bonds is 6. The number of aliphatic hydroxyl groups excluding tert-OH is 1. The van der Waals surface area contributed by atoms with Gasteiger partial charge in [0.05, 0.1) is 25.4 Å². The molecule has 0 saturated carbocycles. The summed E-state index contributed by atoms with van der Waals surface area (Å²) in [5.74, 6) is 0.122. The zero-order valence-electron chi connectivity index (χ0n) is 22.4. The first kappa shape index (κ1) is 27.7. The number of benzene rings is 2. The molecule has 1 aliphatic heterocycles. The number of hydrogen-bond donors (Lipinski definition) is 2. The van der Waals surface area contributed by atoms with Gasteiger partial charge in [0.25, 0.3) is 5.91 Å². The Hall–Kier alpha value is -2.90. The second-order valence-corrected chi connectivity index (χ2v) is 10.4. The second-order valence-electron chi connectivity index (χ2n) is 10.4. The molecule has 0 bridgehead atoms. The molecule has 196 valence electrons. The predicted molar refractivity (Wildman–Crippen MR) is 143 cm³/mol. The Morgan fingerprint density at radius 3 is 2.33 bits per heavy atom. The van der Waals surface area contributed by atoms with Gasteiger partial charge in [0.2, 0.25) is 0 Å². The average molecular weight is 496 g/mol. The second kappa shape index (κ2) is 12.4. The Bertz CT molecular complexity index is 1040. The lowest BCUT2D eigenvalue weighted by molar-refractivity contribution is -0.0185. The van der Waals surface area contributed by atoms with Crippen LogP contribution >= 0.6 is 0 Å². The lowest BCUT2D eigenvalue weighted by Crippen LogP contribution is -2.50. The number of aliphatic hydroxyl groups is 1. The number of carbonyl (C=O) groups excluding carboxylic acids is 2. The van der Waals surface area contributed by atoms with Crippen LogP contribution in [-0.2, 0) is 11.3 Å². The predicted octanol–water partition coefficient (Wildman–Crippen LogP) is 4.40. The number of urea groups is 1. The minimum Gasteiger partial charge on any atom is -0.394 e. The third-order valence-electron chi connectivity index (χ3n) is 7.25. The molecule has 0 aromatic heterocycles. The van der Waals surface area contributed by atoms with Gasteiger partial charge in [-0.15, -0.1) is 0 Å². The van der Waals surface area contributed by atoms with Crippen LogP contribution in [0.4, 0.5) is 4.79 Å². The highest BCUT2D eigenvalue weighted by Crippen LogP contribution is 2.31. The van der Waals surface area contributed by atoms with Crippen LogP contribution in [0.5, 0.6) is 0 Å². The van der Waals surface area contributed by atoms with Crippen molar-refractivity contribution in [2.45, 2.75) is 59.4 Å². The SMILES string of the molecule is CC(C)[C@H](C)NC(=O)N(C)C[C@@H]1OCc2ccccc2-c2ccccc2C(=O)N([C@H](C)CO)C[C@H]1C. The Kier molecular flexibility index (Phi) is 9.51. The van der Waals surface area contributed by atoms with Crippen molar-refractivity contribution in [2.75, 3.05) is 26.7 Å². The van der Waals surface area contributed by atoms with E-state index in [1.807, 2.05) is 69.3 Å². The van der Waals surface area contributed by atoms with E-state index in [0.29, 0.717) is 31.2 Å². The molecule has 36 heavy (non-hydrogen) atoms. The molecule has 0 fully saturated rings. The standard InChI is InChI=1S/C29H41N3O4/c1-19(2)22(5)30-29(35)31(6)16-27-20(3)15-32(21(4)17-33)28(34)26-14-10-9-13-25(26)24-12-8-7-11-23(24)18-36-27/h7-14,19-22,27,33H,15-18H2,1-6H3,(H,30,35)/t20-,21-,22+,27+/m1/s1. The average Bonchev–Trinajstić information content (AvgIpc) is 2.89. The third-order valence-corrected chi connectivity index (χ3v) is 7.25. The van der Waals surface area contributed by atoms with Crippen molar-refractivity contribution >= 4 is 11.9 Å². The smallest absolute Gasteiger partial charge is 0.317 e. The van der Waals surface area contributed by atoms with E-state index < -0.39 is 0 Å². The van der Waals surface area contributed by atoms with Gasteiger partial charge in [-0.2, -0.15) is 0 Å². The molecule has 2 N–H and O–H groups in total. The van der Waals surface area contributed by atoms with Gasteiger partial charge in [0.15, 0.2) is 0 Å². The highest BCUT2D eigenvalue weighted by Gasteiger charge is 2.31. The highest BCUT2D eigenvalue weighted by molar-refractivity contribution is 6.01. The third kappa shape index (κ3) is 6.45. The summed E-state index contributed by atoms with van der Waals surface area (Å²) in [6.07, 6.45) is -0.314. The molecule has 0 radical (unpaired) electrons. The van der Waals surface area contributed by atoms with Gasteiger partial charge < -0.3 is 25.0 Å². The molecule has 0 spiro atoms. The maximum atomic E-state index is 13.8. The zero-order valence-corrected chi connectivity index (χ0v) is 22.4. The van der Waals surface area contributed by atoms with Crippen LogP contribution in [0.25, 0.3) is 11.1 Å². The molecule has 7 heteroatoms. The number of nitrogens with zero attached hydrogens (tertiary/aromatic N) is 2. The van der Waals surface area contributed by atoms with Gasteiger partial charge in [-0.1, -0.05) is 63.2 Å². The first-order valence-electron chi connectivity index (χ1n) is 12.9. The van der Waals surface area contributed by atoms with Crippen molar-refractivity contribution in [3.05, 3.63) is 59.7 Å². The van der Waals surface area contributed by atoms with E-state index in [2.05, 4.69) is 19.2 Å². The molecule has 3 rings (SSSR count). The number of ether oxygens (including phenoxy) is 1. The summed E-state index contributed by atoms with van der Waals surface area (Å²) in [6.45, 7) is 11.0. The van der Waals surface area contributed by atoms with Gasteiger partial charge in [-0.25, -0.2) is 4.79 Å². The Morgan fingerprint density at radius 2 is 1.69 bits per heavy atom. The fourth-order valence-electron chi connectivity index (χ4n) is 4.38. The van der Waals surface area contributed by atoms with Gasteiger partial charge in [-0.05, 0) is 42.5 Å². The van der Waals surface area contributed by atoms with Crippen LogP contribution in [0.1, 0.15) is 50.5 Å². The van der Waals surface area contributed by atoms with E-state index in [4.69, 9.17) is 4.74 Å². The van der Waals surface area contributed by atoms with Crippen molar-refractivity contribution in [3.63, 3.8) is 0 Å². The molecule has 0 aliphatic carbocycles. The summed E-state index contributed by atoms with van der Waals surface area (Å²) in [5.41, 5.74) is 3.39. The molecule has 0 saturated heterocycles. The van der Waals surface area contributed by atoms with Gasteiger partial charge in [-0.3, -0.25) is 4.79 Å². The van der Waals surface area contributed by atoms with E-state index in [-0.39, 0.29) is 42.7 Å². The van der Waals surface area contributed by atoms with Crippen molar-refractivity contribution in [1.29, 1.82) is 0 Å². The van der Waals surface area contributed by atoms with Gasteiger partial charge in [0, 0.05) is 37.7 Å². The molecule has 7 nitrogen and oxygen atoms in total. The summed E-state index contributed by atoms with van der Waals surface area (Å²) in [4.78, 5) is 30.1. The van der Waals surface area contributed by atoms with Gasteiger partial charge >= 0.3 is 6.03 Å². The van der Waals surface area contributed by atoms with E-state index >= 15 is 0 Å². The van der Waals surface area contributed by atoms with Gasteiger partial charge in [0.1, 0.15) is 0 Å². The normalized spacial score (nSPS) is 20.1. The van der Waals surface area contributed by atoms with E-state index in [9.17, 15) is 14.7 Å². The van der Waals surface area contributed by atoms with Crippen LogP contribution < -0.4 is 5.32 Å². The summed E-state index contributed by atoms with van der Waals surface area (Å²) in [7, 11) is 1.77. The molecule has 2 aromatic rings. The molecular formula is C29H41N3O4. The van der Waals surface area contributed by atoms with E-state index in [0.717, 1.165) is 16.7 Å². The Morgan fingerprint density at radius 1 is 1.08 bits per heavy atom. The topological polar surface area (TPSA) is 82.1 Å². The van der Waals surface area contributed by atoms with Crippen LogP contribution in [0, 0.1) is 11.8 Å². The van der Waals surface area contributed by atoms with E-state index in [1.165, 1.54) is 0 Å². The Labute approximate surface area is 215 Å². The maximum absolute atomic E-state index is 13.8. The summed E-state index contributed by atoms with van der Waals surface area (Å²) in [6, 6.07) is 15.1. The molecule has 2 aromatic carbocycles. The largest absolute Gasteiger partial charge is 0.394 e. The lowest BCUT2D eigenvalue weighted by Gasteiger charge is -2.35. The molecule has 1 aliphatic rings. The number of fused-ring (bicyclic) bond motifs is 3. The summed E-state index contributed by atoms with van der Waals surface area (Å²) in [5, 5.41) is 13.0. The minimum absolute atomic E-state index is 0.0507. The number of amides is 3. The first-order valence-corrected chi connectivity index (χ1v) is 12.9. The number of hydrogen-bond acceptors (Lipinski definition) is 4. The first-order chi connectivity index (χ1) is 17.1. The summed E-state index contributed by atoms with van der Waals surface area (Å²) >= 11 is 0. The molecule has 3 amide bonds. The molecule has 0 unspecified atom stereocenters. The van der Waals surface area contributed by atoms with E-state index in [1.54, 1.807) is 16.8 Å². The fraction of sp³-hybridized carbons (Fsp3) is 0.517. The number of likely N-dealkylation sites (N-methyl/N-ethyl adjacent to an activating group) is 1. The summed E-state index contributed by atoms with van der Waals surface area (Å²) < 4.78 is 6.48. The molecular weight excluding hydrogens is 454 g/mol. The zero-order chi connectivity index (χ0) is 26.4. The minimum atomic E-state index is -0.363. The quantitative estimate of drug-likeness (QED) is 0.623. The monoisotopic (exact) mass is 495 g/mol. The number of carbonyl (C=O) groups is 2. The maximum Gasteiger partial charge on any atom is 0.317 e. The van der Waals surface area contributed by atoms with Crippen LogP contribution in [0.2, 0.25) is 0 Å².